The molecule has 0 radical (unpaired) electrons. The fourth-order valence-electron chi connectivity index (χ4n) is 2.85. The molecule has 0 aliphatic heterocycles. The minimum absolute atomic E-state index is 0.175. The van der Waals surface area contributed by atoms with Crippen molar-refractivity contribution in [1.29, 1.82) is 0 Å². The van der Waals surface area contributed by atoms with Crippen LogP contribution in [0.1, 0.15) is 59.8 Å². The van der Waals surface area contributed by atoms with Gasteiger partial charge in [0, 0.05) is 0 Å². The van der Waals surface area contributed by atoms with Gasteiger partial charge in [0.15, 0.2) is 0 Å². The quantitative estimate of drug-likeness (QED) is 0.194. The summed E-state index contributed by atoms with van der Waals surface area (Å²) in [6, 6.07) is -2.61. The summed E-state index contributed by atoms with van der Waals surface area (Å²) < 4.78 is 0. The van der Waals surface area contributed by atoms with Crippen molar-refractivity contribution in [3.05, 3.63) is 0 Å². The number of hydrogen-bond acceptors (Lipinski definition) is 6. The number of hydrogen-bond donors (Lipinski definition) is 6. The van der Waals surface area contributed by atoms with Crippen molar-refractivity contribution in [3.8, 4) is 0 Å². The lowest BCUT2D eigenvalue weighted by atomic mass is 9.97. The van der Waals surface area contributed by atoms with Crippen molar-refractivity contribution >= 4 is 23.7 Å². The Morgan fingerprint density at radius 1 is 1.00 bits per heavy atom. The molecule has 0 bridgehead atoms. The van der Waals surface area contributed by atoms with Crippen LogP contribution in [0.15, 0.2) is 0 Å². The Morgan fingerprint density at radius 3 is 2.13 bits per heavy atom. The number of rotatable bonds is 15. The van der Waals surface area contributed by atoms with Gasteiger partial charge in [-0.15, -0.1) is 0 Å². The van der Waals surface area contributed by atoms with Gasteiger partial charge in [-0.2, -0.15) is 0 Å². The average Bonchev–Trinajstić information content (AvgIpc) is 2.68. The van der Waals surface area contributed by atoms with Crippen LogP contribution in [0.4, 0.5) is 0 Å². The van der Waals surface area contributed by atoms with Gasteiger partial charge in [-0.1, -0.05) is 34.1 Å². The van der Waals surface area contributed by atoms with Crippen molar-refractivity contribution in [2.45, 2.75) is 77.9 Å². The fourth-order valence-corrected chi connectivity index (χ4v) is 2.85. The summed E-state index contributed by atoms with van der Waals surface area (Å²) in [5.41, 5.74) is 11.3. The molecule has 10 heteroatoms. The number of carbonyl (C=O) groups is 4. The predicted molar refractivity (Wildman–Crippen MR) is 114 cm³/mol. The van der Waals surface area contributed by atoms with E-state index >= 15 is 0 Å². The summed E-state index contributed by atoms with van der Waals surface area (Å²) in [7, 11) is 0. The Morgan fingerprint density at radius 2 is 1.63 bits per heavy atom. The topological polar surface area (TPSA) is 177 Å². The van der Waals surface area contributed by atoms with E-state index in [2.05, 4.69) is 16.0 Å². The molecule has 10 nitrogen and oxygen atoms in total. The zero-order valence-corrected chi connectivity index (χ0v) is 18.6. The van der Waals surface area contributed by atoms with Gasteiger partial charge >= 0.3 is 5.97 Å². The molecule has 0 saturated carbocycles. The van der Waals surface area contributed by atoms with Crippen LogP contribution in [0.5, 0.6) is 0 Å². The van der Waals surface area contributed by atoms with Crippen LogP contribution >= 0.6 is 0 Å². The predicted octanol–water partition coefficient (Wildman–Crippen LogP) is -0.295. The summed E-state index contributed by atoms with van der Waals surface area (Å²) in [6.45, 7) is 7.66. The van der Waals surface area contributed by atoms with Crippen molar-refractivity contribution in [1.82, 2.24) is 16.0 Å². The first kappa shape index (κ1) is 27.8. The highest BCUT2D eigenvalue weighted by Crippen LogP contribution is 2.10. The molecule has 0 rings (SSSR count). The van der Waals surface area contributed by atoms with Crippen molar-refractivity contribution in [2.24, 2.45) is 23.3 Å². The van der Waals surface area contributed by atoms with Crippen LogP contribution in [0, 0.1) is 11.8 Å². The lowest BCUT2D eigenvalue weighted by molar-refractivity contribution is -0.142. The number of carboxylic acid groups (broad SMARTS) is 1. The van der Waals surface area contributed by atoms with Crippen LogP contribution in [0.2, 0.25) is 0 Å². The standard InChI is InChI=1S/C20H39N5O5/c1-5-13(4)17(25-18(27)14(22)10-12(2)3)19(28)23-11-16(26)24-15(20(29)30)8-6-7-9-21/h12-15,17H,5-11,21-22H2,1-4H3,(H,23,28)(H,24,26)(H,25,27)(H,29,30)/t13-,14-,15-,17-/m0/s1. The van der Waals surface area contributed by atoms with Crippen molar-refractivity contribution in [3.63, 3.8) is 0 Å². The maximum absolute atomic E-state index is 12.6. The maximum atomic E-state index is 12.6. The molecule has 0 aromatic rings. The zero-order chi connectivity index (χ0) is 23.3. The lowest BCUT2D eigenvalue weighted by Crippen LogP contribution is -2.55. The van der Waals surface area contributed by atoms with Crippen LogP contribution < -0.4 is 27.4 Å². The molecule has 0 spiro atoms. The Balaban J connectivity index is 4.82. The molecule has 174 valence electrons. The monoisotopic (exact) mass is 429 g/mol. The van der Waals surface area contributed by atoms with Gasteiger partial charge in [-0.3, -0.25) is 14.4 Å². The number of nitrogens with two attached hydrogens (primary N) is 2. The number of nitrogens with one attached hydrogen (secondary N) is 3. The van der Waals surface area contributed by atoms with E-state index in [9.17, 15) is 24.3 Å². The first-order chi connectivity index (χ1) is 14.0. The van der Waals surface area contributed by atoms with E-state index in [4.69, 9.17) is 11.5 Å². The van der Waals surface area contributed by atoms with E-state index in [0.29, 0.717) is 32.2 Å². The third-order valence-corrected chi connectivity index (χ3v) is 4.86. The third-order valence-electron chi connectivity index (χ3n) is 4.86. The highest BCUT2D eigenvalue weighted by atomic mass is 16.4. The van der Waals surface area contributed by atoms with E-state index in [1.54, 1.807) is 0 Å². The Bertz CT molecular complexity index is 570. The van der Waals surface area contributed by atoms with Gasteiger partial charge in [-0.25, -0.2) is 4.79 Å². The molecule has 0 aliphatic rings. The molecule has 0 saturated heterocycles. The van der Waals surface area contributed by atoms with Gasteiger partial charge < -0.3 is 32.5 Å². The SMILES string of the molecule is CC[C@H](C)[C@H](NC(=O)[C@@H](N)CC(C)C)C(=O)NCC(=O)N[C@@H](CCCCN)C(=O)O. The largest absolute Gasteiger partial charge is 0.480 e. The van der Waals surface area contributed by atoms with E-state index in [-0.39, 0.29) is 24.8 Å². The smallest absolute Gasteiger partial charge is 0.326 e. The lowest BCUT2D eigenvalue weighted by Gasteiger charge is -2.25. The van der Waals surface area contributed by atoms with Crippen LogP contribution in [-0.4, -0.2) is 60.0 Å². The second-order valence-electron chi connectivity index (χ2n) is 8.07. The van der Waals surface area contributed by atoms with Crippen LogP contribution in [0.25, 0.3) is 0 Å². The summed E-state index contributed by atoms with van der Waals surface area (Å²) >= 11 is 0. The summed E-state index contributed by atoms with van der Waals surface area (Å²) in [5, 5.41) is 16.8. The minimum Gasteiger partial charge on any atom is -0.480 e. The van der Waals surface area contributed by atoms with E-state index in [0.717, 1.165) is 0 Å². The number of carbonyl (C=O) groups excluding carboxylic acids is 3. The van der Waals surface area contributed by atoms with E-state index in [1.165, 1.54) is 0 Å². The molecule has 30 heavy (non-hydrogen) atoms. The molecule has 4 atom stereocenters. The molecule has 0 fully saturated rings. The molecule has 0 heterocycles. The Labute approximate surface area is 178 Å². The first-order valence-corrected chi connectivity index (χ1v) is 10.6. The number of unbranched alkanes of at least 4 members (excludes halogenated alkanes) is 1. The number of aliphatic carboxylic acids is 1. The van der Waals surface area contributed by atoms with Crippen molar-refractivity contribution in [2.75, 3.05) is 13.1 Å². The summed E-state index contributed by atoms with van der Waals surface area (Å²) in [4.78, 5) is 48.3. The first-order valence-electron chi connectivity index (χ1n) is 10.6. The van der Waals surface area contributed by atoms with Gasteiger partial charge in [0.1, 0.15) is 12.1 Å². The van der Waals surface area contributed by atoms with E-state index < -0.39 is 41.8 Å². The highest BCUT2D eigenvalue weighted by molar-refractivity contribution is 5.92. The molecule has 0 aromatic carbocycles. The van der Waals surface area contributed by atoms with Gasteiger partial charge in [0.25, 0.3) is 0 Å². The maximum Gasteiger partial charge on any atom is 0.326 e. The highest BCUT2D eigenvalue weighted by Gasteiger charge is 2.28. The third kappa shape index (κ3) is 11.1. The van der Waals surface area contributed by atoms with Gasteiger partial charge in [0.2, 0.25) is 17.7 Å². The summed E-state index contributed by atoms with van der Waals surface area (Å²) in [6.07, 6.45) is 2.60. The molecule has 3 amide bonds. The van der Waals surface area contributed by atoms with Crippen LogP contribution in [0.3, 0.4) is 0 Å². The van der Waals surface area contributed by atoms with Gasteiger partial charge in [-0.05, 0) is 44.1 Å². The van der Waals surface area contributed by atoms with Crippen molar-refractivity contribution < 1.29 is 24.3 Å². The van der Waals surface area contributed by atoms with E-state index in [1.807, 2.05) is 27.7 Å². The molecule has 8 N–H and O–H groups in total. The zero-order valence-electron chi connectivity index (χ0n) is 18.6. The average molecular weight is 430 g/mol. The number of carboxylic acids is 1. The Hall–Kier alpha value is -2.20. The fraction of sp³-hybridized carbons (Fsp3) is 0.800. The number of amides is 3. The Kier molecular flexibility index (Phi) is 13.7. The second-order valence-corrected chi connectivity index (χ2v) is 8.07. The molecule has 0 aliphatic carbocycles. The molecular weight excluding hydrogens is 390 g/mol. The minimum atomic E-state index is -1.14. The normalized spacial score (nSPS) is 15.0. The molecule has 0 unspecified atom stereocenters. The molecule has 0 aromatic heterocycles. The summed E-state index contributed by atoms with van der Waals surface area (Å²) in [5.74, 6) is -2.63. The second kappa shape index (κ2) is 14.7. The van der Waals surface area contributed by atoms with Crippen LogP contribution in [-0.2, 0) is 19.2 Å². The molecular formula is C20H39N5O5. The van der Waals surface area contributed by atoms with Gasteiger partial charge in [0.05, 0.1) is 12.6 Å².